The van der Waals surface area contributed by atoms with Crippen LogP contribution in [0.1, 0.15) is 25.8 Å². The van der Waals surface area contributed by atoms with Gasteiger partial charge in [-0.3, -0.25) is 9.36 Å². The number of thioether (sulfide) groups is 1. The first kappa shape index (κ1) is 23.3. The van der Waals surface area contributed by atoms with Crippen molar-refractivity contribution in [2.75, 3.05) is 5.32 Å². The molecular weight excluding hydrogens is 440 g/mol. The van der Waals surface area contributed by atoms with E-state index in [0.717, 1.165) is 10.5 Å². The molecule has 5 nitrogen and oxygen atoms in total. The summed E-state index contributed by atoms with van der Waals surface area (Å²) in [4.78, 5) is 32.2. The van der Waals surface area contributed by atoms with Gasteiger partial charge in [-0.15, -0.1) is 11.8 Å². The molecule has 2 aromatic carbocycles. The Morgan fingerprint density at radius 3 is 2.29 bits per heavy atom. The van der Waals surface area contributed by atoms with Crippen LogP contribution in [0.2, 0.25) is 10.0 Å². The second-order valence-corrected chi connectivity index (χ2v) is 10.4. The summed E-state index contributed by atoms with van der Waals surface area (Å²) in [5.41, 5.74) is 0.178. The van der Waals surface area contributed by atoms with Crippen molar-refractivity contribution in [3.05, 3.63) is 58.1 Å². The summed E-state index contributed by atoms with van der Waals surface area (Å²) >= 11 is 13.5. The van der Waals surface area contributed by atoms with E-state index >= 15 is 0 Å². The minimum absolute atomic E-state index is 0.0106. The van der Waals surface area contributed by atoms with Gasteiger partial charge in [0.15, 0.2) is 0 Å². The molecule has 1 amide bonds. The number of rotatable bonds is 8. The zero-order valence-electron chi connectivity index (χ0n) is 15.4. The fourth-order valence-electron chi connectivity index (χ4n) is 2.50. The number of amides is 1. The number of nitrogens with one attached hydrogen (secondary N) is 1. The zero-order valence-corrected chi connectivity index (χ0v) is 18.7. The lowest BCUT2D eigenvalue weighted by atomic mass is 10.1. The lowest BCUT2D eigenvalue weighted by Crippen LogP contribution is -2.29. The summed E-state index contributed by atoms with van der Waals surface area (Å²) in [6, 6.07) is 12.6. The molecule has 0 spiro atoms. The van der Waals surface area contributed by atoms with Crippen molar-refractivity contribution in [1.29, 1.82) is 0 Å². The predicted molar refractivity (Wildman–Crippen MR) is 116 cm³/mol. The highest BCUT2D eigenvalue weighted by Gasteiger charge is 2.36. The number of benzene rings is 2. The first-order valence-corrected chi connectivity index (χ1v) is 12.0. The predicted octanol–water partition coefficient (Wildman–Crippen LogP) is 5.82. The van der Waals surface area contributed by atoms with Crippen LogP contribution < -0.4 is 5.32 Å². The molecule has 0 aliphatic heterocycles. The maximum Gasteiger partial charge on any atom is 0.337 e. The normalized spacial score (nSPS) is 12.8. The zero-order chi connectivity index (χ0) is 20.9. The Kier molecular flexibility index (Phi) is 8.44. The maximum atomic E-state index is 12.3. The van der Waals surface area contributed by atoms with Gasteiger partial charge in [0.25, 0.3) is 0 Å². The summed E-state index contributed by atoms with van der Waals surface area (Å²) in [7, 11) is -4.52. The quantitative estimate of drug-likeness (QED) is 0.340. The molecule has 0 heterocycles. The minimum atomic E-state index is -4.52. The fourth-order valence-corrected chi connectivity index (χ4v) is 4.73. The molecule has 2 rings (SSSR count). The van der Waals surface area contributed by atoms with E-state index in [1.54, 1.807) is 30.0 Å². The van der Waals surface area contributed by atoms with Crippen LogP contribution in [0.25, 0.3) is 0 Å². The largest absolute Gasteiger partial charge is 0.337 e. The van der Waals surface area contributed by atoms with Gasteiger partial charge in [0.2, 0.25) is 5.91 Å². The Labute approximate surface area is 179 Å². The number of anilines is 1. The molecule has 1 unspecified atom stereocenters. The van der Waals surface area contributed by atoms with E-state index < -0.39 is 19.2 Å². The van der Waals surface area contributed by atoms with Crippen molar-refractivity contribution in [3.8, 4) is 0 Å². The van der Waals surface area contributed by atoms with Crippen molar-refractivity contribution in [2.24, 2.45) is 5.92 Å². The van der Waals surface area contributed by atoms with Crippen LogP contribution in [-0.4, -0.2) is 21.4 Å². The Morgan fingerprint density at radius 2 is 1.75 bits per heavy atom. The van der Waals surface area contributed by atoms with Gasteiger partial charge in [0, 0.05) is 16.3 Å². The van der Waals surface area contributed by atoms with Gasteiger partial charge in [-0.05, 0) is 54.3 Å². The van der Waals surface area contributed by atoms with E-state index in [9.17, 15) is 19.1 Å². The van der Waals surface area contributed by atoms with Crippen molar-refractivity contribution in [3.63, 3.8) is 0 Å². The Hall–Kier alpha value is -1.01. The van der Waals surface area contributed by atoms with Gasteiger partial charge in [-0.25, -0.2) is 0 Å². The highest BCUT2D eigenvalue weighted by Crippen LogP contribution is 2.44. The van der Waals surface area contributed by atoms with E-state index in [4.69, 9.17) is 23.2 Å². The smallest absolute Gasteiger partial charge is 0.325 e. The van der Waals surface area contributed by atoms with Crippen LogP contribution in [-0.2, 0) is 15.1 Å². The molecule has 0 aliphatic carbocycles. The van der Waals surface area contributed by atoms with Crippen molar-refractivity contribution in [1.82, 2.24) is 0 Å². The highest BCUT2D eigenvalue weighted by atomic mass is 35.5. The van der Waals surface area contributed by atoms with Gasteiger partial charge in [0.05, 0.1) is 10.0 Å². The second-order valence-electron chi connectivity index (χ2n) is 6.79. The van der Waals surface area contributed by atoms with Crippen LogP contribution in [0.15, 0.2) is 47.4 Å². The summed E-state index contributed by atoms with van der Waals surface area (Å²) in [6.07, 6.45) is 0.119. The van der Waals surface area contributed by atoms with E-state index in [1.165, 1.54) is 0 Å². The Morgan fingerprint density at radius 1 is 1.11 bits per heavy atom. The molecule has 0 bridgehead atoms. The number of hydrogen-bond donors (Lipinski definition) is 3. The highest BCUT2D eigenvalue weighted by molar-refractivity contribution is 7.98. The van der Waals surface area contributed by atoms with Crippen LogP contribution in [0.3, 0.4) is 0 Å². The molecule has 0 fully saturated rings. The molecule has 0 aromatic heterocycles. The molecule has 9 heteroatoms. The standard InChI is InChI=1S/C19H22Cl2NO4PS/c1-12(2)9-18(27(24,25)26)19(23)22-14-4-6-15(7-5-14)28-11-13-3-8-16(20)17(21)10-13/h3-8,10,12,18H,9,11H2,1-2H3,(H,22,23)(H2,24,25,26). The number of carbonyl (C=O) groups is 1. The molecule has 0 saturated heterocycles. The number of halogens is 2. The Balaban J connectivity index is 1.98. The van der Waals surface area contributed by atoms with Gasteiger partial charge in [-0.1, -0.05) is 43.1 Å². The maximum absolute atomic E-state index is 12.3. The lowest BCUT2D eigenvalue weighted by molar-refractivity contribution is -0.116. The molecule has 3 N–H and O–H groups in total. The molecular formula is C19H22Cl2NO4PS. The first-order chi connectivity index (χ1) is 13.1. The van der Waals surface area contributed by atoms with E-state index in [-0.39, 0.29) is 12.3 Å². The topological polar surface area (TPSA) is 86.6 Å². The lowest BCUT2D eigenvalue weighted by Gasteiger charge is -2.19. The number of hydrogen-bond acceptors (Lipinski definition) is 3. The van der Waals surface area contributed by atoms with Crippen molar-refractivity contribution in [2.45, 2.75) is 36.6 Å². The second kappa shape index (κ2) is 10.1. The molecule has 1 atom stereocenters. The van der Waals surface area contributed by atoms with Gasteiger partial charge < -0.3 is 15.1 Å². The summed E-state index contributed by atoms with van der Waals surface area (Å²) < 4.78 is 11.6. The third kappa shape index (κ3) is 7.11. The van der Waals surface area contributed by atoms with Gasteiger partial charge in [0.1, 0.15) is 5.66 Å². The fraction of sp³-hybridized carbons (Fsp3) is 0.316. The molecule has 152 valence electrons. The third-order valence-electron chi connectivity index (χ3n) is 3.91. The van der Waals surface area contributed by atoms with Crippen LogP contribution >= 0.6 is 42.6 Å². The molecule has 2 aromatic rings. The SMILES string of the molecule is CC(C)CC(C(=O)Nc1ccc(SCc2ccc(Cl)c(Cl)c2)cc1)P(=O)(O)O. The van der Waals surface area contributed by atoms with Crippen molar-refractivity contribution < 1.29 is 19.1 Å². The number of carbonyl (C=O) groups excluding carboxylic acids is 1. The summed E-state index contributed by atoms with van der Waals surface area (Å²) in [5, 5.41) is 3.62. The Bertz CT molecular complexity index is 871. The van der Waals surface area contributed by atoms with E-state index in [0.29, 0.717) is 21.5 Å². The summed E-state index contributed by atoms with van der Waals surface area (Å²) in [5.74, 6) is 0.0267. The van der Waals surface area contributed by atoms with Gasteiger partial charge >= 0.3 is 7.60 Å². The third-order valence-corrected chi connectivity index (χ3v) is 6.99. The average molecular weight is 462 g/mol. The van der Waals surface area contributed by atoms with Gasteiger partial charge in [-0.2, -0.15) is 0 Å². The van der Waals surface area contributed by atoms with Crippen LogP contribution in [0.4, 0.5) is 5.69 Å². The molecule has 0 radical (unpaired) electrons. The molecule has 0 saturated carbocycles. The average Bonchev–Trinajstić information content (AvgIpc) is 2.60. The minimum Gasteiger partial charge on any atom is -0.325 e. The van der Waals surface area contributed by atoms with E-state index in [1.807, 2.05) is 38.1 Å². The molecule has 28 heavy (non-hydrogen) atoms. The molecule has 0 aliphatic rings. The van der Waals surface area contributed by atoms with E-state index in [2.05, 4.69) is 5.32 Å². The van der Waals surface area contributed by atoms with Crippen LogP contribution in [0.5, 0.6) is 0 Å². The first-order valence-electron chi connectivity index (χ1n) is 8.59. The summed E-state index contributed by atoms with van der Waals surface area (Å²) in [6.45, 7) is 3.63. The van der Waals surface area contributed by atoms with Crippen molar-refractivity contribution >= 4 is 54.2 Å². The van der Waals surface area contributed by atoms with Crippen LogP contribution in [0, 0.1) is 5.92 Å². The monoisotopic (exact) mass is 461 g/mol.